The fraction of sp³-hybridized carbons (Fsp3) is 0.167. The Morgan fingerprint density at radius 3 is 2.55 bits per heavy atom. The number of nitrogens with zero attached hydrogens (tertiary/aromatic N) is 1. The summed E-state index contributed by atoms with van der Waals surface area (Å²) < 4.78 is 7.58. The summed E-state index contributed by atoms with van der Waals surface area (Å²) in [5.74, 6) is -0.235. The predicted molar refractivity (Wildman–Crippen MR) is 118 cm³/mol. The van der Waals surface area contributed by atoms with Crippen LogP contribution < -0.4 is 10.1 Å². The normalized spacial score (nSPS) is 14.1. The first-order chi connectivity index (χ1) is 15.1. The smallest absolute Gasteiger partial charge is 0.259 e. The molecule has 0 saturated carbocycles. The third-order valence-electron chi connectivity index (χ3n) is 5.70. The maximum absolute atomic E-state index is 13.0. The molecule has 2 amide bonds. The molecule has 0 bridgehead atoms. The van der Waals surface area contributed by atoms with Crippen molar-refractivity contribution in [2.75, 3.05) is 13.7 Å². The number of rotatable bonds is 6. The Labute approximate surface area is 177 Å². The summed E-state index contributed by atoms with van der Waals surface area (Å²) in [5.41, 5.74) is 3.75. The van der Waals surface area contributed by atoms with E-state index in [4.69, 9.17) is 4.74 Å². The van der Waals surface area contributed by atoms with Gasteiger partial charge < -0.3 is 19.4 Å². The van der Waals surface area contributed by atoms with E-state index in [0.717, 1.165) is 21.8 Å². The number of fused-ring (bicyclic) bond motifs is 2. The SMILES string of the molecule is COc1cccc2c1c(C1=C(c3c[nH]c4ccccc34)C(=O)NC1=O)cn2CCCO. The predicted octanol–water partition coefficient (Wildman–Crippen LogP) is 3.08. The second-order valence-corrected chi connectivity index (χ2v) is 7.45. The molecular weight excluding hydrogens is 394 g/mol. The first-order valence-electron chi connectivity index (χ1n) is 10.1. The molecule has 0 fully saturated rings. The summed E-state index contributed by atoms with van der Waals surface area (Å²) in [6, 6.07) is 13.3. The average Bonchev–Trinajstić information content (AvgIpc) is 3.45. The molecule has 7 heteroatoms. The molecule has 3 N–H and O–H groups in total. The highest BCUT2D eigenvalue weighted by Crippen LogP contribution is 2.41. The van der Waals surface area contributed by atoms with Gasteiger partial charge in [-0.15, -0.1) is 0 Å². The molecule has 156 valence electrons. The van der Waals surface area contributed by atoms with Crippen LogP contribution in [-0.4, -0.2) is 40.2 Å². The van der Waals surface area contributed by atoms with E-state index in [1.807, 2.05) is 53.2 Å². The van der Waals surface area contributed by atoms with Gasteiger partial charge in [0.15, 0.2) is 0 Å². The van der Waals surface area contributed by atoms with Crippen molar-refractivity contribution in [2.45, 2.75) is 13.0 Å². The summed E-state index contributed by atoms with van der Waals surface area (Å²) in [4.78, 5) is 29.1. The molecule has 0 atom stereocenters. The number of aliphatic hydroxyl groups is 1. The number of nitrogens with one attached hydrogen (secondary N) is 2. The van der Waals surface area contributed by atoms with Gasteiger partial charge in [-0.25, -0.2) is 0 Å². The zero-order valence-corrected chi connectivity index (χ0v) is 16.9. The molecule has 7 nitrogen and oxygen atoms in total. The van der Waals surface area contributed by atoms with Crippen molar-refractivity contribution < 1.29 is 19.4 Å². The largest absolute Gasteiger partial charge is 0.496 e. The molecule has 2 aromatic carbocycles. The Hall–Kier alpha value is -3.84. The topological polar surface area (TPSA) is 96.4 Å². The van der Waals surface area contributed by atoms with Gasteiger partial charge in [-0.3, -0.25) is 14.9 Å². The highest BCUT2D eigenvalue weighted by Gasteiger charge is 2.35. The van der Waals surface area contributed by atoms with E-state index in [1.165, 1.54) is 0 Å². The van der Waals surface area contributed by atoms with Crippen molar-refractivity contribution in [1.82, 2.24) is 14.9 Å². The number of ether oxygens (including phenoxy) is 1. The van der Waals surface area contributed by atoms with Gasteiger partial charge in [0.1, 0.15) is 5.75 Å². The standard InChI is InChI=1S/C24H21N3O4/c1-31-19-9-4-8-18-20(19)16(13-27(18)10-5-11-28)22-21(23(29)26-24(22)30)15-12-25-17-7-3-2-6-14(15)17/h2-4,6-9,12-13,25,28H,5,10-11H2,1H3,(H,26,29,30). The number of aliphatic hydroxyl groups excluding tert-OH is 1. The van der Waals surface area contributed by atoms with Crippen molar-refractivity contribution >= 4 is 44.8 Å². The first-order valence-corrected chi connectivity index (χ1v) is 10.1. The molecule has 4 aromatic rings. The third-order valence-corrected chi connectivity index (χ3v) is 5.70. The van der Waals surface area contributed by atoms with E-state index in [2.05, 4.69) is 10.3 Å². The fourth-order valence-electron chi connectivity index (χ4n) is 4.35. The van der Waals surface area contributed by atoms with Crippen LogP contribution in [0.25, 0.3) is 33.0 Å². The minimum absolute atomic E-state index is 0.0568. The molecule has 0 spiro atoms. The molecule has 0 unspecified atom stereocenters. The molecule has 0 saturated heterocycles. The van der Waals surface area contributed by atoms with Gasteiger partial charge in [-0.1, -0.05) is 24.3 Å². The van der Waals surface area contributed by atoms with Crippen LogP contribution in [0.3, 0.4) is 0 Å². The van der Waals surface area contributed by atoms with Crippen LogP contribution in [0.2, 0.25) is 0 Å². The van der Waals surface area contributed by atoms with Gasteiger partial charge in [0.25, 0.3) is 11.8 Å². The summed E-state index contributed by atoms with van der Waals surface area (Å²) in [6.45, 7) is 0.632. The quantitative estimate of drug-likeness (QED) is 0.422. The molecule has 5 rings (SSSR count). The number of aromatic amines is 1. The second-order valence-electron chi connectivity index (χ2n) is 7.45. The highest BCUT2D eigenvalue weighted by molar-refractivity contribution is 6.50. The van der Waals surface area contributed by atoms with E-state index in [1.54, 1.807) is 13.3 Å². The van der Waals surface area contributed by atoms with Crippen molar-refractivity contribution in [3.63, 3.8) is 0 Å². The summed E-state index contributed by atoms with van der Waals surface area (Å²) in [7, 11) is 1.58. The van der Waals surface area contributed by atoms with Gasteiger partial charge in [-0.05, 0) is 24.6 Å². The number of H-pyrrole nitrogens is 1. The molecule has 0 aliphatic carbocycles. The zero-order chi connectivity index (χ0) is 21.5. The monoisotopic (exact) mass is 415 g/mol. The van der Waals surface area contributed by atoms with Crippen molar-refractivity contribution in [3.8, 4) is 5.75 Å². The number of methoxy groups -OCH3 is 1. The van der Waals surface area contributed by atoms with Crippen LogP contribution in [0.1, 0.15) is 17.5 Å². The van der Waals surface area contributed by atoms with Gasteiger partial charge in [-0.2, -0.15) is 0 Å². The van der Waals surface area contributed by atoms with E-state index >= 15 is 0 Å². The molecule has 0 radical (unpaired) electrons. The maximum atomic E-state index is 13.0. The number of hydrogen-bond acceptors (Lipinski definition) is 4. The maximum Gasteiger partial charge on any atom is 0.259 e. The number of imide groups is 1. The van der Waals surface area contributed by atoms with Crippen molar-refractivity contribution in [2.24, 2.45) is 0 Å². The lowest BCUT2D eigenvalue weighted by Crippen LogP contribution is -2.22. The Kier molecular flexibility index (Phi) is 4.60. The number of para-hydroxylation sites is 1. The van der Waals surface area contributed by atoms with Crippen molar-refractivity contribution in [1.29, 1.82) is 0 Å². The van der Waals surface area contributed by atoms with Gasteiger partial charge in [0.05, 0.1) is 23.8 Å². The number of carbonyl (C=O) groups is 2. The number of benzene rings is 2. The fourth-order valence-corrected chi connectivity index (χ4v) is 4.35. The molecule has 3 heterocycles. The van der Waals surface area contributed by atoms with Gasteiger partial charge in [0.2, 0.25) is 0 Å². The van der Waals surface area contributed by atoms with E-state index in [-0.39, 0.29) is 6.61 Å². The Bertz CT molecular complexity index is 1380. The van der Waals surface area contributed by atoms with Gasteiger partial charge >= 0.3 is 0 Å². The molecule has 1 aliphatic heterocycles. The number of amides is 2. The molecular formula is C24H21N3O4. The average molecular weight is 415 g/mol. The Morgan fingerprint density at radius 2 is 1.77 bits per heavy atom. The van der Waals surface area contributed by atoms with Gasteiger partial charge in [0, 0.05) is 53.0 Å². The van der Waals surface area contributed by atoms with Crippen LogP contribution in [0.4, 0.5) is 0 Å². The Balaban J connectivity index is 1.83. The number of carbonyl (C=O) groups excluding carboxylic acids is 2. The van der Waals surface area contributed by atoms with Crippen LogP contribution in [0, 0.1) is 0 Å². The van der Waals surface area contributed by atoms with Crippen LogP contribution in [0.15, 0.2) is 54.9 Å². The van der Waals surface area contributed by atoms with Crippen LogP contribution >= 0.6 is 0 Å². The van der Waals surface area contributed by atoms with Crippen LogP contribution in [-0.2, 0) is 16.1 Å². The number of hydrogen-bond donors (Lipinski definition) is 3. The number of aryl methyl sites for hydroxylation is 1. The first kappa shape index (κ1) is 19.1. The van der Waals surface area contributed by atoms with Crippen molar-refractivity contribution in [3.05, 3.63) is 66.0 Å². The highest BCUT2D eigenvalue weighted by atomic mass is 16.5. The summed E-state index contributed by atoms with van der Waals surface area (Å²) in [6.07, 6.45) is 4.20. The lowest BCUT2D eigenvalue weighted by molar-refractivity contribution is -0.122. The summed E-state index contributed by atoms with van der Waals surface area (Å²) in [5, 5.41) is 13.4. The van der Waals surface area contributed by atoms with Crippen LogP contribution in [0.5, 0.6) is 5.75 Å². The van der Waals surface area contributed by atoms with E-state index in [9.17, 15) is 14.7 Å². The molecule has 2 aromatic heterocycles. The zero-order valence-electron chi connectivity index (χ0n) is 16.9. The minimum Gasteiger partial charge on any atom is -0.496 e. The summed E-state index contributed by atoms with van der Waals surface area (Å²) >= 11 is 0. The number of aromatic nitrogens is 2. The second kappa shape index (κ2) is 7.45. The molecule has 31 heavy (non-hydrogen) atoms. The molecule has 1 aliphatic rings. The third kappa shape index (κ3) is 2.93. The Morgan fingerprint density at radius 1 is 1.00 bits per heavy atom. The lowest BCUT2D eigenvalue weighted by Gasteiger charge is -2.07. The minimum atomic E-state index is -0.433. The van der Waals surface area contributed by atoms with E-state index in [0.29, 0.717) is 41.0 Å². The lowest BCUT2D eigenvalue weighted by atomic mass is 9.95. The van der Waals surface area contributed by atoms with E-state index < -0.39 is 11.8 Å².